The maximum Gasteiger partial charge on any atom is 0.261 e. The van der Waals surface area contributed by atoms with Crippen LogP contribution in [0, 0.1) is 5.92 Å². The van der Waals surface area contributed by atoms with Crippen molar-refractivity contribution >= 4 is 23.4 Å². The van der Waals surface area contributed by atoms with Crippen molar-refractivity contribution in [2.75, 3.05) is 13.2 Å². The van der Waals surface area contributed by atoms with E-state index < -0.39 is 6.04 Å². The number of para-hydroxylation sites is 1. The monoisotopic (exact) mass is 402 g/mol. The summed E-state index contributed by atoms with van der Waals surface area (Å²) in [5.74, 6) is 0.445. The van der Waals surface area contributed by atoms with Gasteiger partial charge in [-0.15, -0.1) is 0 Å². The molecule has 28 heavy (non-hydrogen) atoms. The average molecular weight is 403 g/mol. The second-order valence-electron chi connectivity index (χ2n) is 7.03. The molecule has 150 valence electrons. The van der Waals surface area contributed by atoms with Crippen LogP contribution in [0.25, 0.3) is 0 Å². The summed E-state index contributed by atoms with van der Waals surface area (Å²) < 4.78 is 5.59. The van der Waals surface area contributed by atoms with E-state index in [1.54, 1.807) is 25.1 Å². The van der Waals surface area contributed by atoms with Crippen LogP contribution in [0.1, 0.15) is 26.3 Å². The summed E-state index contributed by atoms with van der Waals surface area (Å²) in [6.07, 6.45) is 0. The molecule has 2 aromatic carbocycles. The van der Waals surface area contributed by atoms with Gasteiger partial charge in [-0.25, -0.2) is 0 Å². The lowest BCUT2D eigenvalue weighted by Crippen LogP contribution is -2.49. The number of rotatable bonds is 9. The van der Waals surface area contributed by atoms with Crippen molar-refractivity contribution in [3.63, 3.8) is 0 Å². The Morgan fingerprint density at radius 2 is 1.68 bits per heavy atom. The fourth-order valence-electron chi connectivity index (χ4n) is 2.59. The van der Waals surface area contributed by atoms with Crippen molar-refractivity contribution in [1.82, 2.24) is 10.2 Å². The van der Waals surface area contributed by atoms with Crippen LogP contribution < -0.4 is 10.1 Å². The topological polar surface area (TPSA) is 58.6 Å². The number of carbonyl (C=O) groups excluding carboxylic acids is 2. The van der Waals surface area contributed by atoms with Gasteiger partial charge in [0.1, 0.15) is 11.8 Å². The molecule has 0 aliphatic rings. The van der Waals surface area contributed by atoms with Gasteiger partial charge in [-0.2, -0.15) is 0 Å². The van der Waals surface area contributed by atoms with Crippen LogP contribution in [-0.2, 0) is 16.1 Å². The zero-order valence-electron chi connectivity index (χ0n) is 16.5. The Morgan fingerprint density at radius 1 is 1.04 bits per heavy atom. The summed E-state index contributed by atoms with van der Waals surface area (Å²) in [5.41, 5.74) is 0.778. The molecule has 2 rings (SSSR count). The Bertz CT molecular complexity index is 780. The Hall–Kier alpha value is -2.53. The summed E-state index contributed by atoms with van der Waals surface area (Å²) in [4.78, 5) is 27.0. The molecule has 0 aromatic heterocycles. The van der Waals surface area contributed by atoms with Crippen LogP contribution in [0.2, 0.25) is 5.02 Å². The molecule has 1 unspecified atom stereocenters. The van der Waals surface area contributed by atoms with Crippen LogP contribution >= 0.6 is 11.6 Å². The minimum absolute atomic E-state index is 0.156. The highest BCUT2D eigenvalue weighted by molar-refractivity contribution is 6.31. The highest BCUT2D eigenvalue weighted by atomic mass is 35.5. The van der Waals surface area contributed by atoms with Crippen LogP contribution in [0.3, 0.4) is 0 Å². The van der Waals surface area contributed by atoms with Crippen molar-refractivity contribution in [3.8, 4) is 5.75 Å². The molecule has 6 heteroatoms. The molecule has 1 atom stereocenters. The number of nitrogens with one attached hydrogen (secondary N) is 1. The number of ether oxygens (including phenoxy) is 1. The molecule has 2 amide bonds. The SMILES string of the molecule is CC(C)CNC(=O)C(C)N(Cc1ccccc1Cl)C(=O)COc1ccccc1. The van der Waals surface area contributed by atoms with Crippen molar-refractivity contribution in [2.24, 2.45) is 5.92 Å². The van der Waals surface area contributed by atoms with E-state index in [1.807, 2.05) is 50.2 Å². The number of hydrogen-bond acceptors (Lipinski definition) is 3. The second kappa shape index (κ2) is 10.7. The average Bonchev–Trinajstić information content (AvgIpc) is 2.69. The summed E-state index contributed by atoms with van der Waals surface area (Å²) in [6, 6.07) is 15.8. The molecule has 0 fully saturated rings. The molecular weight excluding hydrogens is 376 g/mol. The van der Waals surface area contributed by atoms with Crippen molar-refractivity contribution < 1.29 is 14.3 Å². The van der Waals surface area contributed by atoms with E-state index in [2.05, 4.69) is 5.32 Å². The van der Waals surface area contributed by atoms with Crippen molar-refractivity contribution in [1.29, 1.82) is 0 Å². The van der Waals surface area contributed by atoms with Gasteiger partial charge in [0.15, 0.2) is 6.61 Å². The minimum atomic E-state index is -0.651. The summed E-state index contributed by atoms with van der Waals surface area (Å²) in [6.45, 7) is 6.38. The first-order chi connectivity index (χ1) is 13.4. The highest BCUT2D eigenvalue weighted by Crippen LogP contribution is 2.19. The maximum absolute atomic E-state index is 12.9. The number of carbonyl (C=O) groups is 2. The van der Waals surface area contributed by atoms with Gasteiger partial charge in [0.25, 0.3) is 5.91 Å². The molecule has 2 aromatic rings. The van der Waals surface area contributed by atoms with E-state index in [0.717, 1.165) is 5.56 Å². The number of nitrogens with zero attached hydrogens (tertiary/aromatic N) is 1. The number of benzene rings is 2. The van der Waals surface area contributed by atoms with Crippen LogP contribution in [-0.4, -0.2) is 35.9 Å². The standard InChI is InChI=1S/C22H27ClN2O3/c1-16(2)13-24-22(27)17(3)25(14-18-9-7-8-12-20(18)23)21(26)15-28-19-10-5-4-6-11-19/h4-12,16-17H,13-15H2,1-3H3,(H,24,27). The third-order valence-corrected chi connectivity index (χ3v) is 4.62. The predicted octanol–water partition coefficient (Wildman–Crippen LogP) is 3.91. The molecule has 0 spiro atoms. The molecule has 0 radical (unpaired) electrons. The normalized spacial score (nSPS) is 11.8. The highest BCUT2D eigenvalue weighted by Gasteiger charge is 2.27. The third kappa shape index (κ3) is 6.57. The van der Waals surface area contributed by atoms with E-state index in [-0.39, 0.29) is 25.0 Å². The lowest BCUT2D eigenvalue weighted by molar-refractivity contribution is -0.142. The first-order valence-electron chi connectivity index (χ1n) is 9.37. The number of halogens is 1. The smallest absolute Gasteiger partial charge is 0.261 e. The van der Waals surface area contributed by atoms with Crippen molar-refractivity contribution in [3.05, 3.63) is 65.2 Å². The predicted molar refractivity (Wildman–Crippen MR) is 111 cm³/mol. The first kappa shape index (κ1) is 21.8. The summed E-state index contributed by atoms with van der Waals surface area (Å²) in [5, 5.41) is 3.44. The van der Waals surface area contributed by atoms with Crippen molar-refractivity contribution in [2.45, 2.75) is 33.4 Å². The zero-order chi connectivity index (χ0) is 20.5. The summed E-state index contributed by atoms with van der Waals surface area (Å²) in [7, 11) is 0. The molecule has 0 aliphatic heterocycles. The number of hydrogen-bond donors (Lipinski definition) is 1. The minimum Gasteiger partial charge on any atom is -0.484 e. The van der Waals surface area contributed by atoms with Crippen LogP contribution in [0.5, 0.6) is 5.75 Å². The van der Waals surface area contributed by atoms with Gasteiger partial charge in [0.05, 0.1) is 0 Å². The number of amides is 2. The van der Waals surface area contributed by atoms with Gasteiger partial charge >= 0.3 is 0 Å². The molecule has 5 nitrogen and oxygen atoms in total. The summed E-state index contributed by atoms with van der Waals surface area (Å²) >= 11 is 6.26. The molecule has 0 aliphatic carbocycles. The van der Waals surface area contributed by atoms with Gasteiger partial charge in [0.2, 0.25) is 5.91 Å². The van der Waals surface area contributed by atoms with E-state index in [4.69, 9.17) is 16.3 Å². The lowest BCUT2D eigenvalue weighted by atomic mass is 10.1. The Labute approximate surface area is 171 Å². The van der Waals surface area contributed by atoms with E-state index in [1.165, 1.54) is 4.90 Å². The maximum atomic E-state index is 12.9. The molecule has 0 saturated carbocycles. The van der Waals surface area contributed by atoms with Gasteiger partial charge in [-0.05, 0) is 36.6 Å². The first-order valence-corrected chi connectivity index (χ1v) is 9.74. The van der Waals surface area contributed by atoms with Crippen LogP contribution in [0.15, 0.2) is 54.6 Å². The Morgan fingerprint density at radius 3 is 2.32 bits per heavy atom. The van der Waals surface area contributed by atoms with Gasteiger partial charge < -0.3 is 15.0 Å². The fraction of sp³-hybridized carbons (Fsp3) is 0.364. The molecule has 1 N–H and O–H groups in total. The molecule has 0 heterocycles. The van der Waals surface area contributed by atoms with Gasteiger partial charge in [0, 0.05) is 18.1 Å². The zero-order valence-corrected chi connectivity index (χ0v) is 17.3. The Kier molecular flexibility index (Phi) is 8.33. The Balaban J connectivity index is 2.13. The van der Waals surface area contributed by atoms with E-state index in [0.29, 0.717) is 23.2 Å². The second-order valence-corrected chi connectivity index (χ2v) is 7.44. The quantitative estimate of drug-likeness (QED) is 0.691. The van der Waals surface area contributed by atoms with Gasteiger partial charge in [-0.1, -0.05) is 61.8 Å². The van der Waals surface area contributed by atoms with E-state index >= 15 is 0 Å². The molecule has 0 bridgehead atoms. The van der Waals surface area contributed by atoms with Crippen LogP contribution in [0.4, 0.5) is 0 Å². The lowest BCUT2D eigenvalue weighted by Gasteiger charge is -2.29. The van der Waals surface area contributed by atoms with E-state index in [9.17, 15) is 9.59 Å². The largest absolute Gasteiger partial charge is 0.484 e. The van der Waals surface area contributed by atoms with Gasteiger partial charge in [-0.3, -0.25) is 9.59 Å². The molecule has 0 saturated heterocycles. The third-order valence-electron chi connectivity index (χ3n) is 4.26. The fourth-order valence-corrected chi connectivity index (χ4v) is 2.79. The molecular formula is C22H27ClN2O3.